The normalized spacial score (nSPS) is 13.2. The topological polar surface area (TPSA) is 68.3 Å². The zero-order valence-electron chi connectivity index (χ0n) is 8.86. The number of fused-ring (bicyclic) bond motifs is 1. The van der Waals surface area contributed by atoms with Crippen LogP contribution in [0.4, 0.5) is 0 Å². The predicted octanol–water partition coefficient (Wildman–Crippen LogP) is 2.75. The molecule has 1 aliphatic heterocycles. The smallest absolute Gasteiger partial charge is 0.189 e. The van der Waals surface area contributed by atoms with Crippen molar-refractivity contribution in [2.24, 2.45) is 5.73 Å². The van der Waals surface area contributed by atoms with Gasteiger partial charge in [-0.25, -0.2) is 0 Å². The van der Waals surface area contributed by atoms with Gasteiger partial charge >= 0.3 is 0 Å². The number of hydrogen-bond donors (Lipinski definition) is 2. The van der Waals surface area contributed by atoms with E-state index in [0.717, 1.165) is 16.9 Å². The molecule has 17 heavy (non-hydrogen) atoms. The summed E-state index contributed by atoms with van der Waals surface area (Å²) in [6, 6.07) is 3.67. The second-order valence-electron chi connectivity index (χ2n) is 3.32. The molecule has 4 nitrogen and oxygen atoms in total. The highest BCUT2D eigenvalue weighted by Gasteiger charge is 2.16. The number of ether oxygens (including phenoxy) is 2. The first-order valence-corrected chi connectivity index (χ1v) is 6.02. The summed E-state index contributed by atoms with van der Waals surface area (Å²) < 4.78 is 10.6. The summed E-state index contributed by atoms with van der Waals surface area (Å²) in [5.41, 5.74) is 7.19. The summed E-state index contributed by atoms with van der Waals surface area (Å²) in [5, 5.41) is 7.91. The molecule has 0 aromatic heterocycles. The predicted molar refractivity (Wildman–Crippen MR) is 72.2 cm³/mol. The number of nitrogens with two attached hydrogens (primary N) is 1. The van der Waals surface area contributed by atoms with Crippen LogP contribution in [0.1, 0.15) is 11.1 Å². The summed E-state index contributed by atoms with van der Waals surface area (Å²) in [6.45, 7) is 0.764. The van der Waals surface area contributed by atoms with Crippen LogP contribution in [0.2, 0.25) is 5.02 Å². The van der Waals surface area contributed by atoms with Gasteiger partial charge in [0.05, 0.1) is 6.61 Å². The van der Waals surface area contributed by atoms with E-state index in [1.165, 1.54) is 11.8 Å². The molecule has 7 heteroatoms. The number of thioether (sulfide) groups is 1. The lowest BCUT2D eigenvalue weighted by Gasteiger charge is -2.20. The Labute approximate surface area is 115 Å². The van der Waals surface area contributed by atoms with Crippen molar-refractivity contribution in [3.05, 3.63) is 28.3 Å². The zero-order valence-corrected chi connectivity index (χ0v) is 11.3. The van der Waals surface area contributed by atoms with Crippen molar-refractivity contribution in [3.63, 3.8) is 0 Å². The Morgan fingerprint density at radius 1 is 1.53 bits per heavy atom. The monoisotopic (exact) mass is 294 g/mol. The molecule has 94 valence electrons. The maximum atomic E-state index is 7.18. The van der Waals surface area contributed by atoms with Crippen molar-refractivity contribution in [2.45, 2.75) is 12.4 Å². The molecular weight excluding hydrogens is 283 g/mol. The molecule has 1 aromatic carbocycles. The van der Waals surface area contributed by atoms with Gasteiger partial charge in [-0.2, -0.15) is 0 Å². The largest absolute Gasteiger partial charge is 0.467 e. The molecule has 0 bridgehead atoms. The second-order valence-corrected chi connectivity index (χ2v) is 4.77. The maximum absolute atomic E-state index is 7.18. The first-order chi connectivity index (χ1) is 7.66. The van der Waals surface area contributed by atoms with Crippen LogP contribution in [0.25, 0.3) is 0 Å². The van der Waals surface area contributed by atoms with Gasteiger partial charge in [-0.05, 0) is 12.1 Å². The Morgan fingerprint density at radius 3 is 3.00 bits per heavy atom. The summed E-state index contributed by atoms with van der Waals surface area (Å²) in [7, 11) is 0. The number of rotatable bonds is 2. The molecule has 0 radical (unpaired) electrons. The van der Waals surface area contributed by atoms with E-state index in [2.05, 4.69) is 0 Å². The number of halogens is 2. The first-order valence-electron chi connectivity index (χ1n) is 4.65. The summed E-state index contributed by atoms with van der Waals surface area (Å²) in [4.78, 5) is 0. The third-order valence-corrected chi connectivity index (χ3v) is 3.12. The van der Waals surface area contributed by atoms with E-state index in [4.69, 9.17) is 32.2 Å². The standard InChI is InChI=1S/C10H11ClN2O2S.ClH/c11-8-1-6-3-14-5-15-9(6)7(2-8)4-16-10(12)13;/h1-2H,3-5H2,(H3,12,13);1H. The van der Waals surface area contributed by atoms with Crippen molar-refractivity contribution in [2.75, 3.05) is 6.79 Å². The quantitative estimate of drug-likeness (QED) is 0.650. The fourth-order valence-corrected chi connectivity index (χ4v) is 2.31. The van der Waals surface area contributed by atoms with E-state index in [0.29, 0.717) is 17.4 Å². The van der Waals surface area contributed by atoms with Gasteiger partial charge in [0.1, 0.15) is 5.75 Å². The van der Waals surface area contributed by atoms with Crippen molar-refractivity contribution in [1.82, 2.24) is 0 Å². The van der Waals surface area contributed by atoms with Crippen LogP contribution in [-0.2, 0) is 17.1 Å². The van der Waals surface area contributed by atoms with E-state index >= 15 is 0 Å². The molecule has 0 aliphatic carbocycles. The van der Waals surface area contributed by atoms with Gasteiger partial charge in [-0.1, -0.05) is 23.4 Å². The third-order valence-electron chi connectivity index (χ3n) is 2.13. The lowest BCUT2D eigenvalue weighted by Crippen LogP contribution is -2.13. The van der Waals surface area contributed by atoms with E-state index in [9.17, 15) is 0 Å². The molecule has 1 aromatic rings. The Bertz CT molecular complexity index is 429. The molecule has 2 rings (SSSR count). The summed E-state index contributed by atoms with van der Waals surface area (Å²) in [5.74, 6) is 1.39. The molecule has 3 N–H and O–H groups in total. The van der Waals surface area contributed by atoms with Crippen LogP contribution in [0.3, 0.4) is 0 Å². The first kappa shape index (κ1) is 14.4. The third kappa shape index (κ3) is 3.67. The highest BCUT2D eigenvalue weighted by molar-refractivity contribution is 8.13. The van der Waals surface area contributed by atoms with Crippen LogP contribution in [0.15, 0.2) is 12.1 Å². The minimum atomic E-state index is 0. The Hall–Kier alpha value is -0.620. The average Bonchev–Trinajstić information content (AvgIpc) is 2.25. The van der Waals surface area contributed by atoms with Crippen LogP contribution in [0.5, 0.6) is 5.75 Å². The van der Waals surface area contributed by atoms with E-state index < -0.39 is 0 Å². The lowest BCUT2D eigenvalue weighted by atomic mass is 10.1. The van der Waals surface area contributed by atoms with Crippen molar-refractivity contribution >= 4 is 40.9 Å². The Kier molecular flexibility index (Phi) is 5.39. The summed E-state index contributed by atoms with van der Waals surface area (Å²) in [6.07, 6.45) is 0. The van der Waals surface area contributed by atoms with E-state index in [1.54, 1.807) is 0 Å². The van der Waals surface area contributed by atoms with Crippen LogP contribution < -0.4 is 10.5 Å². The lowest BCUT2D eigenvalue weighted by molar-refractivity contribution is -0.0168. The van der Waals surface area contributed by atoms with Crippen molar-refractivity contribution < 1.29 is 9.47 Å². The molecule has 0 fully saturated rings. The number of nitrogens with one attached hydrogen (secondary N) is 1. The molecule has 0 unspecified atom stereocenters. The van der Waals surface area contributed by atoms with Gasteiger partial charge in [-0.3, -0.25) is 5.41 Å². The number of hydrogen-bond acceptors (Lipinski definition) is 4. The van der Waals surface area contributed by atoms with E-state index in [1.807, 2.05) is 12.1 Å². The summed E-state index contributed by atoms with van der Waals surface area (Å²) >= 11 is 7.24. The van der Waals surface area contributed by atoms with Gasteiger partial charge in [-0.15, -0.1) is 12.4 Å². The Balaban J connectivity index is 0.00000144. The molecule has 1 aliphatic rings. The SMILES string of the molecule is Cl.N=C(N)SCc1cc(Cl)cc2c1OCOC2. The molecule has 0 amide bonds. The van der Waals surface area contributed by atoms with Gasteiger partial charge in [0.15, 0.2) is 12.0 Å². The fourth-order valence-electron chi connectivity index (χ4n) is 1.52. The van der Waals surface area contributed by atoms with Crippen LogP contribution in [-0.4, -0.2) is 12.0 Å². The molecular formula is C10H12Cl2N2O2S. The highest BCUT2D eigenvalue weighted by Crippen LogP contribution is 2.33. The average molecular weight is 295 g/mol. The highest BCUT2D eigenvalue weighted by atomic mass is 35.5. The zero-order chi connectivity index (χ0) is 11.5. The van der Waals surface area contributed by atoms with Crippen molar-refractivity contribution in [3.8, 4) is 5.75 Å². The molecule has 0 saturated heterocycles. The molecule has 0 spiro atoms. The fraction of sp³-hybridized carbons (Fsp3) is 0.300. The van der Waals surface area contributed by atoms with Crippen LogP contribution in [0, 0.1) is 5.41 Å². The second kappa shape index (κ2) is 6.35. The maximum Gasteiger partial charge on any atom is 0.189 e. The van der Waals surface area contributed by atoms with Crippen LogP contribution >= 0.6 is 35.8 Å². The van der Waals surface area contributed by atoms with Crippen molar-refractivity contribution in [1.29, 1.82) is 5.41 Å². The number of amidine groups is 1. The minimum Gasteiger partial charge on any atom is -0.467 e. The van der Waals surface area contributed by atoms with Gasteiger partial charge in [0, 0.05) is 21.9 Å². The number of benzene rings is 1. The van der Waals surface area contributed by atoms with Gasteiger partial charge in [0.25, 0.3) is 0 Å². The Morgan fingerprint density at radius 2 is 2.29 bits per heavy atom. The molecule has 1 heterocycles. The van der Waals surface area contributed by atoms with E-state index in [-0.39, 0.29) is 24.4 Å². The molecule has 0 saturated carbocycles. The van der Waals surface area contributed by atoms with Gasteiger partial charge in [0.2, 0.25) is 0 Å². The van der Waals surface area contributed by atoms with Gasteiger partial charge < -0.3 is 15.2 Å². The minimum absolute atomic E-state index is 0. The molecule has 0 atom stereocenters.